The summed E-state index contributed by atoms with van der Waals surface area (Å²) in [5, 5.41) is 10.3. The van der Waals surface area contributed by atoms with E-state index in [2.05, 4.69) is 42.6 Å². The topological polar surface area (TPSA) is 103 Å². The molecule has 9 heteroatoms. The minimum absolute atomic E-state index is 0.0589. The highest BCUT2D eigenvalue weighted by atomic mass is 16.5. The smallest absolute Gasteiger partial charge is 0.258 e. The zero-order valence-corrected chi connectivity index (χ0v) is 12.4. The van der Waals surface area contributed by atoms with Crippen molar-refractivity contribution >= 4 is 11.9 Å². The van der Waals surface area contributed by atoms with Gasteiger partial charge in [0.15, 0.2) is 0 Å². The third kappa shape index (κ3) is 4.35. The molecule has 2 aromatic heterocycles. The maximum atomic E-state index is 5.19. The number of ether oxygens (including phenoxy) is 1. The molecule has 2 aromatic rings. The first-order valence-electron chi connectivity index (χ1n) is 6.84. The molecule has 0 saturated carbocycles. The van der Waals surface area contributed by atoms with Crippen LogP contribution in [-0.4, -0.2) is 56.0 Å². The predicted octanol–water partition coefficient (Wildman–Crippen LogP) is 0.721. The molecule has 0 aliphatic heterocycles. The van der Waals surface area contributed by atoms with Gasteiger partial charge in [-0.05, 0) is 13.3 Å². The van der Waals surface area contributed by atoms with Crippen LogP contribution < -0.4 is 10.6 Å². The van der Waals surface area contributed by atoms with Gasteiger partial charge in [0.1, 0.15) is 12.7 Å². The molecule has 2 heterocycles. The van der Waals surface area contributed by atoms with Crippen molar-refractivity contribution in [3.63, 3.8) is 0 Å². The van der Waals surface area contributed by atoms with Gasteiger partial charge in [-0.3, -0.25) is 0 Å². The monoisotopic (exact) mass is 292 g/mol. The van der Waals surface area contributed by atoms with Crippen LogP contribution in [0.1, 0.15) is 20.3 Å². The molecule has 0 aliphatic carbocycles. The molecule has 0 fully saturated rings. The summed E-state index contributed by atoms with van der Waals surface area (Å²) >= 11 is 0. The van der Waals surface area contributed by atoms with Crippen molar-refractivity contribution in [1.29, 1.82) is 0 Å². The molecule has 1 atom stereocenters. The van der Waals surface area contributed by atoms with E-state index in [4.69, 9.17) is 4.74 Å². The second-order valence-electron chi connectivity index (χ2n) is 4.48. The summed E-state index contributed by atoms with van der Waals surface area (Å²) in [5.74, 6) is 1.39. The zero-order valence-electron chi connectivity index (χ0n) is 12.4. The molecule has 0 aliphatic rings. The Balaban J connectivity index is 2.20. The van der Waals surface area contributed by atoms with Crippen LogP contribution in [0.15, 0.2) is 12.7 Å². The molecule has 0 radical (unpaired) electrons. The summed E-state index contributed by atoms with van der Waals surface area (Å²) in [6.45, 7) is 5.42. The SMILES string of the molecule is CCCNc1nc(NCC(C)OC)nc(-n2cncn2)n1. The van der Waals surface area contributed by atoms with Crippen molar-refractivity contribution < 1.29 is 4.74 Å². The minimum atomic E-state index is 0.0589. The number of nitrogens with zero attached hydrogens (tertiary/aromatic N) is 6. The number of methoxy groups -OCH3 is 1. The normalized spacial score (nSPS) is 12.1. The Morgan fingerprint density at radius 3 is 2.62 bits per heavy atom. The molecular weight excluding hydrogens is 272 g/mol. The standard InChI is InChI=1S/C12H20N8O/c1-4-5-14-10-17-11(15-6-9(2)21-3)19-12(18-10)20-8-13-7-16-20/h7-9H,4-6H2,1-3H3,(H2,14,15,17,18,19). The number of hydrogen-bond donors (Lipinski definition) is 2. The highest BCUT2D eigenvalue weighted by molar-refractivity contribution is 5.37. The Morgan fingerprint density at radius 2 is 2.00 bits per heavy atom. The van der Waals surface area contributed by atoms with E-state index < -0.39 is 0 Å². The van der Waals surface area contributed by atoms with Crippen LogP contribution in [0, 0.1) is 0 Å². The van der Waals surface area contributed by atoms with Gasteiger partial charge in [-0.25, -0.2) is 4.98 Å². The lowest BCUT2D eigenvalue weighted by molar-refractivity contribution is 0.128. The zero-order chi connectivity index (χ0) is 15.1. The van der Waals surface area contributed by atoms with Gasteiger partial charge in [-0.2, -0.15) is 24.7 Å². The van der Waals surface area contributed by atoms with E-state index in [1.54, 1.807) is 13.4 Å². The van der Waals surface area contributed by atoms with Gasteiger partial charge in [-0.15, -0.1) is 0 Å². The minimum Gasteiger partial charge on any atom is -0.380 e. The Bertz CT molecular complexity index is 544. The fourth-order valence-corrected chi connectivity index (χ4v) is 1.49. The third-order valence-corrected chi connectivity index (χ3v) is 2.73. The molecule has 0 aromatic carbocycles. The second kappa shape index (κ2) is 7.48. The van der Waals surface area contributed by atoms with Gasteiger partial charge in [0.05, 0.1) is 6.10 Å². The fraction of sp³-hybridized carbons (Fsp3) is 0.583. The average Bonchev–Trinajstić information content (AvgIpc) is 3.04. The molecule has 0 saturated heterocycles. The Labute approximate surface area is 123 Å². The van der Waals surface area contributed by atoms with Crippen LogP contribution in [0.25, 0.3) is 5.95 Å². The van der Waals surface area contributed by atoms with Crippen LogP contribution in [-0.2, 0) is 4.74 Å². The number of hydrogen-bond acceptors (Lipinski definition) is 8. The highest BCUT2D eigenvalue weighted by Gasteiger charge is 2.09. The molecule has 1 unspecified atom stereocenters. The quantitative estimate of drug-likeness (QED) is 0.733. The van der Waals surface area contributed by atoms with Gasteiger partial charge in [-0.1, -0.05) is 6.92 Å². The lowest BCUT2D eigenvalue weighted by Gasteiger charge is -2.12. The summed E-state index contributed by atoms with van der Waals surface area (Å²) in [6.07, 6.45) is 4.01. The van der Waals surface area contributed by atoms with Crippen LogP contribution in [0.3, 0.4) is 0 Å². The number of nitrogens with one attached hydrogen (secondary N) is 2. The van der Waals surface area contributed by atoms with E-state index in [1.165, 1.54) is 11.0 Å². The van der Waals surface area contributed by atoms with Crippen LogP contribution in [0.4, 0.5) is 11.9 Å². The van der Waals surface area contributed by atoms with Gasteiger partial charge in [0.2, 0.25) is 11.9 Å². The molecule has 21 heavy (non-hydrogen) atoms. The van der Waals surface area contributed by atoms with Crippen LogP contribution in [0.5, 0.6) is 0 Å². The van der Waals surface area contributed by atoms with Crippen LogP contribution in [0.2, 0.25) is 0 Å². The van der Waals surface area contributed by atoms with Gasteiger partial charge in [0.25, 0.3) is 5.95 Å². The molecule has 0 bridgehead atoms. The summed E-state index contributed by atoms with van der Waals surface area (Å²) in [7, 11) is 1.66. The molecule has 2 rings (SSSR count). The first-order chi connectivity index (χ1) is 10.2. The summed E-state index contributed by atoms with van der Waals surface area (Å²) in [5.41, 5.74) is 0. The Kier molecular flexibility index (Phi) is 5.38. The lowest BCUT2D eigenvalue weighted by atomic mass is 10.4. The number of rotatable bonds is 8. The Hall–Kier alpha value is -2.29. The van der Waals surface area contributed by atoms with Crippen molar-refractivity contribution in [2.45, 2.75) is 26.4 Å². The summed E-state index contributed by atoms with van der Waals surface area (Å²) in [4.78, 5) is 16.9. The van der Waals surface area contributed by atoms with E-state index >= 15 is 0 Å². The van der Waals surface area contributed by atoms with Gasteiger partial charge in [0, 0.05) is 20.2 Å². The number of anilines is 2. The second-order valence-corrected chi connectivity index (χ2v) is 4.48. The lowest BCUT2D eigenvalue weighted by Crippen LogP contribution is -2.20. The van der Waals surface area contributed by atoms with E-state index in [0.29, 0.717) is 24.4 Å². The summed E-state index contributed by atoms with van der Waals surface area (Å²) < 4.78 is 6.68. The first kappa shape index (κ1) is 15.1. The van der Waals surface area contributed by atoms with Crippen molar-refractivity contribution in [3.05, 3.63) is 12.7 Å². The van der Waals surface area contributed by atoms with E-state index in [-0.39, 0.29) is 6.10 Å². The number of aromatic nitrogens is 6. The van der Waals surface area contributed by atoms with E-state index in [0.717, 1.165) is 13.0 Å². The molecule has 0 amide bonds. The van der Waals surface area contributed by atoms with E-state index in [1.807, 2.05) is 6.92 Å². The maximum Gasteiger partial charge on any atom is 0.258 e. The summed E-state index contributed by atoms with van der Waals surface area (Å²) in [6, 6.07) is 0. The average molecular weight is 292 g/mol. The largest absolute Gasteiger partial charge is 0.380 e. The molecule has 114 valence electrons. The molecule has 9 nitrogen and oxygen atoms in total. The van der Waals surface area contributed by atoms with Crippen molar-refractivity contribution in [3.8, 4) is 5.95 Å². The third-order valence-electron chi connectivity index (χ3n) is 2.73. The van der Waals surface area contributed by atoms with Crippen molar-refractivity contribution in [1.82, 2.24) is 29.7 Å². The molecular formula is C12H20N8O. The first-order valence-corrected chi connectivity index (χ1v) is 6.84. The van der Waals surface area contributed by atoms with E-state index in [9.17, 15) is 0 Å². The van der Waals surface area contributed by atoms with Gasteiger partial charge < -0.3 is 15.4 Å². The maximum absolute atomic E-state index is 5.19. The van der Waals surface area contributed by atoms with Crippen molar-refractivity contribution in [2.75, 3.05) is 30.8 Å². The fourth-order valence-electron chi connectivity index (χ4n) is 1.49. The predicted molar refractivity (Wildman–Crippen MR) is 78.5 cm³/mol. The van der Waals surface area contributed by atoms with Crippen molar-refractivity contribution in [2.24, 2.45) is 0 Å². The van der Waals surface area contributed by atoms with Crippen LogP contribution >= 0.6 is 0 Å². The van der Waals surface area contributed by atoms with Gasteiger partial charge >= 0.3 is 0 Å². The molecule has 2 N–H and O–H groups in total. The Morgan fingerprint density at radius 1 is 1.24 bits per heavy atom. The molecule has 0 spiro atoms. The highest BCUT2D eigenvalue weighted by Crippen LogP contribution is 2.08.